The number of carbonyl (C=O) groups excluding carboxylic acids is 1. The predicted octanol–water partition coefficient (Wildman–Crippen LogP) is 5.85. The maximum Gasteiger partial charge on any atom is 0.234 e. The van der Waals surface area contributed by atoms with E-state index in [1.54, 1.807) is 18.2 Å². The van der Waals surface area contributed by atoms with Crippen LogP contribution in [0.4, 0.5) is 5.69 Å². The van der Waals surface area contributed by atoms with Gasteiger partial charge in [0.1, 0.15) is 5.82 Å². The lowest BCUT2D eigenvalue weighted by Gasteiger charge is -2.21. The number of aryl methyl sites for hydroxylation is 1. The zero-order valence-corrected chi connectivity index (χ0v) is 18.4. The van der Waals surface area contributed by atoms with Crippen molar-refractivity contribution in [1.82, 2.24) is 14.8 Å². The molecule has 1 aromatic heterocycles. The van der Waals surface area contributed by atoms with Gasteiger partial charge in [0.05, 0.1) is 15.8 Å². The summed E-state index contributed by atoms with van der Waals surface area (Å²) in [6.45, 7) is 2.90. The van der Waals surface area contributed by atoms with E-state index < -0.39 is 0 Å². The van der Waals surface area contributed by atoms with Crippen molar-refractivity contribution >= 4 is 46.6 Å². The van der Waals surface area contributed by atoms with Crippen LogP contribution in [-0.4, -0.2) is 26.4 Å². The standard InChI is InChI=1S/C20H26Cl2N4OS/c1-2-26-18(11-8-14-6-4-3-5-7-14)24-25-20(26)28-13-19(27)23-15-9-10-16(21)17(22)12-15/h9-10,12,14H,2-8,11,13H2,1H3,(H,23,27). The molecule has 0 saturated heterocycles. The number of nitrogens with zero attached hydrogens (tertiary/aromatic N) is 3. The van der Waals surface area contributed by atoms with Gasteiger partial charge in [0, 0.05) is 18.7 Å². The number of aromatic nitrogens is 3. The number of anilines is 1. The van der Waals surface area contributed by atoms with Crippen LogP contribution in [-0.2, 0) is 17.8 Å². The Balaban J connectivity index is 1.52. The SMILES string of the molecule is CCn1c(CCC2CCCCC2)nnc1SCC(=O)Nc1ccc(Cl)c(Cl)c1. The highest BCUT2D eigenvalue weighted by Crippen LogP contribution is 2.28. The van der Waals surface area contributed by atoms with Crippen LogP contribution in [0, 0.1) is 5.92 Å². The fraction of sp³-hybridized carbons (Fsp3) is 0.550. The van der Waals surface area contributed by atoms with Gasteiger partial charge in [0.2, 0.25) is 5.91 Å². The van der Waals surface area contributed by atoms with E-state index in [0.717, 1.165) is 29.9 Å². The Morgan fingerprint density at radius 3 is 2.71 bits per heavy atom. The van der Waals surface area contributed by atoms with Gasteiger partial charge in [-0.05, 0) is 37.5 Å². The van der Waals surface area contributed by atoms with Crippen molar-refractivity contribution in [2.75, 3.05) is 11.1 Å². The van der Waals surface area contributed by atoms with Crippen LogP contribution in [0.15, 0.2) is 23.4 Å². The summed E-state index contributed by atoms with van der Waals surface area (Å²) in [5.74, 6) is 2.00. The highest BCUT2D eigenvalue weighted by Gasteiger charge is 2.17. The van der Waals surface area contributed by atoms with Crippen LogP contribution in [0.3, 0.4) is 0 Å². The van der Waals surface area contributed by atoms with Crippen molar-refractivity contribution in [1.29, 1.82) is 0 Å². The zero-order valence-electron chi connectivity index (χ0n) is 16.1. The molecule has 8 heteroatoms. The normalized spacial score (nSPS) is 15.0. The second-order valence-corrected chi connectivity index (χ2v) is 8.91. The Hall–Kier alpha value is -1.24. The molecule has 152 valence electrons. The molecule has 1 aliphatic rings. The van der Waals surface area contributed by atoms with Crippen LogP contribution >= 0.6 is 35.0 Å². The van der Waals surface area contributed by atoms with Gasteiger partial charge < -0.3 is 9.88 Å². The first-order chi connectivity index (χ1) is 13.6. The molecule has 1 amide bonds. The molecule has 0 spiro atoms. The molecule has 0 bridgehead atoms. The third-order valence-corrected chi connectivity index (χ3v) is 6.85. The van der Waals surface area contributed by atoms with Gasteiger partial charge in [-0.15, -0.1) is 10.2 Å². The molecule has 28 heavy (non-hydrogen) atoms. The number of amides is 1. The van der Waals surface area contributed by atoms with E-state index in [4.69, 9.17) is 23.2 Å². The summed E-state index contributed by atoms with van der Waals surface area (Å²) in [6, 6.07) is 5.04. The molecular weight excluding hydrogens is 415 g/mol. The first-order valence-electron chi connectivity index (χ1n) is 9.86. The summed E-state index contributed by atoms with van der Waals surface area (Å²) in [6.07, 6.45) is 8.93. The number of halogens is 2. The van der Waals surface area contributed by atoms with Gasteiger partial charge >= 0.3 is 0 Å². The molecule has 0 aliphatic heterocycles. The minimum Gasteiger partial charge on any atom is -0.325 e. The number of hydrogen-bond acceptors (Lipinski definition) is 4. The smallest absolute Gasteiger partial charge is 0.234 e. The molecule has 1 saturated carbocycles. The number of rotatable bonds is 8. The molecule has 1 N–H and O–H groups in total. The lowest BCUT2D eigenvalue weighted by molar-refractivity contribution is -0.113. The monoisotopic (exact) mass is 440 g/mol. The van der Waals surface area contributed by atoms with Crippen LogP contribution in [0.5, 0.6) is 0 Å². The highest BCUT2D eigenvalue weighted by molar-refractivity contribution is 7.99. The molecule has 1 aromatic carbocycles. The maximum atomic E-state index is 12.3. The first kappa shape index (κ1) is 21.5. The van der Waals surface area contributed by atoms with E-state index in [9.17, 15) is 4.79 Å². The molecule has 0 atom stereocenters. The minimum atomic E-state index is -0.113. The van der Waals surface area contributed by atoms with Crippen LogP contribution in [0.25, 0.3) is 0 Å². The average Bonchev–Trinajstić information content (AvgIpc) is 3.10. The fourth-order valence-electron chi connectivity index (χ4n) is 3.64. The average molecular weight is 441 g/mol. The molecule has 5 nitrogen and oxygen atoms in total. The van der Waals surface area contributed by atoms with Crippen LogP contribution < -0.4 is 5.32 Å². The molecule has 1 heterocycles. The third-order valence-electron chi connectivity index (χ3n) is 5.15. The quantitative estimate of drug-likeness (QED) is 0.522. The Morgan fingerprint density at radius 1 is 1.21 bits per heavy atom. The lowest BCUT2D eigenvalue weighted by atomic mass is 9.86. The van der Waals surface area contributed by atoms with Crippen molar-refractivity contribution in [3.05, 3.63) is 34.1 Å². The van der Waals surface area contributed by atoms with E-state index in [1.165, 1.54) is 50.3 Å². The Kier molecular flexibility index (Phi) is 8.06. The second kappa shape index (κ2) is 10.5. The molecule has 3 rings (SSSR count). The largest absolute Gasteiger partial charge is 0.325 e. The van der Waals surface area contributed by atoms with E-state index >= 15 is 0 Å². The Labute approximate surface area is 180 Å². The van der Waals surface area contributed by atoms with Gasteiger partial charge in [0.15, 0.2) is 5.16 Å². The number of carbonyl (C=O) groups is 1. The summed E-state index contributed by atoms with van der Waals surface area (Å²) in [4.78, 5) is 12.3. The predicted molar refractivity (Wildman–Crippen MR) is 116 cm³/mol. The Morgan fingerprint density at radius 2 is 2.00 bits per heavy atom. The van der Waals surface area contributed by atoms with E-state index in [1.807, 2.05) is 0 Å². The van der Waals surface area contributed by atoms with Crippen LogP contribution in [0.1, 0.15) is 51.3 Å². The van der Waals surface area contributed by atoms with Crippen molar-refractivity contribution in [3.8, 4) is 0 Å². The van der Waals surface area contributed by atoms with Crippen molar-refractivity contribution in [3.63, 3.8) is 0 Å². The lowest BCUT2D eigenvalue weighted by Crippen LogP contribution is -2.15. The van der Waals surface area contributed by atoms with E-state index in [-0.39, 0.29) is 11.7 Å². The van der Waals surface area contributed by atoms with Crippen LogP contribution in [0.2, 0.25) is 10.0 Å². The van der Waals surface area contributed by atoms with Gasteiger partial charge in [-0.3, -0.25) is 4.79 Å². The number of nitrogens with one attached hydrogen (secondary N) is 1. The summed E-state index contributed by atoms with van der Waals surface area (Å²) < 4.78 is 2.12. The number of thioether (sulfide) groups is 1. The molecule has 1 aliphatic carbocycles. The molecule has 2 aromatic rings. The van der Waals surface area contributed by atoms with Crippen molar-refractivity contribution in [2.24, 2.45) is 5.92 Å². The number of benzene rings is 1. The topological polar surface area (TPSA) is 59.8 Å². The van der Waals surface area contributed by atoms with E-state index in [0.29, 0.717) is 15.7 Å². The van der Waals surface area contributed by atoms with Gasteiger partial charge in [-0.2, -0.15) is 0 Å². The summed E-state index contributed by atoms with van der Waals surface area (Å²) >= 11 is 13.3. The van der Waals surface area contributed by atoms with Crippen molar-refractivity contribution in [2.45, 2.75) is 63.6 Å². The highest BCUT2D eigenvalue weighted by atomic mass is 35.5. The molecular formula is C20H26Cl2N4OS. The van der Waals surface area contributed by atoms with Gasteiger partial charge in [-0.1, -0.05) is 67.1 Å². The third kappa shape index (κ3) is 5.88. The molecule has 1 fully saturated rings. The maximum absolute atomic E-state index is 12.3. The van der Waals surface area contributed by atoms with Crippen molar-refractivity contribution < 1.29 is 4.79 Å². The summed E-state index contributed by atoms with van der Waals surface area (Å²) in [7, 11) is 0. The fourth-order valence-corrected chi connectivity index (χ4v) is 4.76. The number of hydrogen-bond donors (Lipinski definition) is 1. The van der Waals surface area contributed by atoms with Gasteiger partial charge in [0.25, 0.3) is 0 Å². The molecule has 0 unspecified atom stereocenters. The van der Waals surface area contributed by atoms with E-state index in [2.05, 4.69) is 27.0 Å². The first-order valence-corrected chi connectivity index (χ1v) is 11.6. The van der Waals surface area contributed by atoms with Gasteiger partial charge in [-0.25, -0.2) is 0 Å². The Bertz CT molecular complexity index is 805. The second-order valence-electron chi connectivity index (χ2n) is 7.15. The summed E-state index contributed by atoms with van der Waals surface area (Å²) in [5, 5.41) is 13.2. The zero-order chi connectivity index (χ0) is 19.9. The minimum absolute atomic E-state index is 0.113. The molecule has 0 radical (unpaired) electrons. The summed E-state index contributed by atoms with van der Waals surface area (Å²) in [5.41, 5.74) is 0.630.